The minimum absolute atomic E-state index is 0. The number of nitrogens with one attached hydrogen (secondary N) is 2. The lowest BCUT2D eigenvalue weighted by atomic mass is 10.0. The Morgan fingerprint density at radius 1 is 1.13 bits per heavy atom. The molecule has 23 heavy (non-hydrogen) atoms. The van der Waals surface area contributed by atoms with Gasteiger partial charge in [0.25, 0.3) is 0 Å². The quantitative estimate of drug-likeness (QED) is 0.707. The molecule has 5 nitrogen and oxygen atoms in total. The van der Waals surface area contributed by atoms with Gasteiger partial charge in [-0.15, -0.1) is 12.4 Å². The molecule has 1 heterocycles. The molecule has 2 amide bonds. The average Bonchev–Trinajstić information content (AvgIpc) is 3.29. The summed E-state index contributed by atoms with van der Waals surface area (Å²) in [5, 5.41) is 6.46. The van der Waals surface area contributed by atoms with E-state index in [0.717, 1.165) is 38.4 Å². The second-order valence-corrected chi connectivity index (χ2v) is 7.20. The van der Waals surface area contributed by atoms with Gasteiger partial charge >= 0.3 is 0 Å². The van der Waals surface area contributed by atoms with Crippen LogP contribution in [0.2, 0.25) is 0 Å². The summed E-state index contributed by atoms with van der Waals surface area (Å²) in [5.41, 5.74) is 0. The molecule has 2 N–H and O–H groups in total. The zero-order valence-electron chi connectivity index (χ0n) is 14.5. The van der Waals surface area contributed by atoms with Crippen molar-refractivity contribution in [1.82, 2.24) is 15.5 Å². The van der Waals surface area contributed by atoms with Crippen molar-refractivity contribution in [3.8, 4) is 0 Å². The molecule has 1 saturated heterocycles. The molecule has 2 aliphatic rings. The highest BCUT2D eigenvalue weighted by molar-refractivity contribution is 5.85. The number of rotatable bonds is 8. The number of nitrogens with zero attached hydrogens (tertiary/aromatic N) is 1. The maximum absolute atomic E-state index is 12.1. The van der Waals surface area contributed by atoms with Gasteiger partial charge in [0, 0.05) is 38.5 Å². The minimum Gasteiger partial charge on any atom is -0.356 e. The highest BCUT2D eigenvalue weighted by Crippen LogP contribution is 2.28. The Kier molecular flexibility index (Phi) is 8.92. The Bertz CT molecular complexity index is 378. The Balaban J connectivity index is 0.00000264. The molecule has 2 rings (SSSR count). The number of halogens is 1. The van der Waals surface area contributed by atoms with Crippen LogP contribution in [0.4, 0.5) is 0 Å². The summed E-state index contributed by atoms with van der Waals surface area (Å²) in [4.78, 5) is 25.6. The van der Waals surface area contributed by atoms with Crippen LogP contribution < -0.4 is 10.6 Å². The molecule has 1 aliphatic heterocycles. The van der Waals surface area contributed by atoms with E-state index >= 15 is 0 Å². The summed E-state index contributed by atoms with van der Waals surface area (Å²) in [7, 11) is 0. The number of amides is 2. The summed E-state index contributed by atoms with van der Waals surface area (Å²) in [5.74, 6) is 1.49. The van der Waals surface area contributed by atoms with Gasteiger partial charge in [-0.1, -0.05) is 13.8 Å². The van der Waals surface area contributed by atoms with Crippen molar-refractivity contribution in [1.29, 1.82) is 0 Å². The average molecular weight is 346 g/mol. The van der Waals surface area contributed by atoms with Crippen LogP contribution in [0, 0.1) is 11.8 Å². The van der Waals surface area contributed by atoms with E-state index in [2.05, 4.69) is 10.6 Å². The largest absolute Gasteiger partial charge is 0.356 e. The van der Waals surface area contributed by atoms with Crippen molar-refractivity contribution in [2.24, 2.45) is 11.8 Å². The Morgan fingerprint density at radius 3 is 2.35 bits per heavy atom. The lowest BCUT2D eigenvalue weighted by Gasteiger charge is -2.32. The van der Waals surface area contributed by atoms with Gasteiger partial charge < -0.3 is 15.5 Å². The summed E-state index contributed by atoms with van der Waals surface area (Å²) < 4.78 is 0. The fourth-order valence-electron chi connectivity index (χ4n) is 2.90. The molecule has 0 radical (unpaired) electrons. The number of carbonyl (C=O) groups is 2. The van der Waals surface area contributed by atoms with Gasteiger partial charge in [0.15, 0.2) is 0 Å². The van der Waals surface area contributed by atoms with Gasteiger partial charge in [-0.3, -0.25) is 9.59 Å². The number of likely N-dealkylation sites (tertiary alicyclic amines) is 1. The topological polar surface area (TPSA) is 61.4 Å². The number of piperidine rings is 1. The van der Waals surface area contributed by atoms with Gasteiger partial charge in [0.05, 0.1) is 0 Å². The van der Waals surface area contributed by atoms with E-state index in [4.69, 9.17) is 0 Å². The summed E-state index contributed by atoms with van der Waals surface area (Å²) in [6.07, 6.45) is 5.83. The van der Waals surface area contributed by atoms with E-state index in [0.29, 0.717) is 31.3 Å². The van der Waals surface area contributed by atoms with Gasteiger partial charge in [-0.2, -0.15) is 0 Å². The lowest BCUT2D eigenvalue weighted by Crippen LogP contribution is -2.46. The SMILES string of the molecule is CC(C)CC(=O)NCCC(=O)N1CCC(NCC2CC2)CC1.Cl. The molecular formula is C17H32ClN3O2. The molecule has 1 saturated carbocycles. The fraction of sp³-hybridized carbons (Fsp3) is 0.882. The zero-order valence-corrected chi connectivity index (χ0v) is 15.3. The highest BCUT2D eigenvalue weighted by atomic mass is 35.5. The molecule has 0 aromatic carbocycles. The van der Waals surface area contributed by atoms with E-state index in [-0.39, 0.29) is 24.2 Å². The third-order valence-electron chi connectivity index (χ3n) is 4.49. The first-order valence-corrected chi connectivity index (χ1v) is 8.82. The summed E-state index contributed by atoms with van der Waals surface area (Å²) >= 11 is 0. The number of carbonyl (C=O) groups excluding carboxylic acids is 2. The maximum atomic E-state index is 12.1. The second kappa shape index (κ2) is 10.1. The van der Waals surface area contributed by atoms with Gasteiger partial charge in [-0.25, -0.2) is 0 Å². The maximum Gasteiger partial charge on any atom is 0.224 e. The Morgan fingerprint density at radius 2 is 1.78 bits per heavy atom. The van der Waals surface area contributed by atoms with Gasteiger partial charge in [0.2, 0.25) is 11.8 Å². The monoisotopic (exact) mass is 345 g/mol. The van der Waals surface area contributed by atoms with Crippen LogP contribution in [0.1, 0.15) is 52.4 Å². The number of hydrogen-bond acceptors (Lipinski definition) is 3. The van der Waals surface area contributed by atoms with Crippen LogP contribution >= 0.6 is 12.4 Å². The van der Waals surface area contributed by atoms with Crippen molar-refractivity contribution in [3.05, 3.63) is 0 Å². The molecule has 0 unspecified atom stereocenters. The van der Waals surface area contributed by atoms with Crippen LogP contribution in [0.5, 0.6) is 0 Å². The Hall–Kier alpha value is -0.810. The molecule has 0 aromatic heterocycles. The first kappa shape index (κ1) is 20.2. The molecular weight excluding hydrogens is 314 g/mol. The van der Waals surface area contributed by atoms with E-state index in [1.54, 1.807) is 0 Å². The van der Waals surface area contributed by atoms with E-state index in [9.17, 15) is 9.59 Å². The summed E-state index contributed by atoms with van der Waals surface area (Å²) in [6, 6.07) is 0.579. The molecule has 0 aromatic rings. The third-order valence-corrected chi connectivity index (χ3v) is 4.49. The van der Waals surface area contributed by atoms with Crippen LogP contribution in [-0.4, -0.2) is 48.9 Å². The fourth-order valence-corrected chi connectivity index (χ4v) is 2.90. The molecule has 0 bridgehead atoms. The standard InChI is InChI=1S/C17H31N3O2.ClH/c1-13(2)11-16(21)18-8-5-17(22)20-9-6-15(7-10-20)19-12-14-3-4-14;/h13-15,19H,3-12H2,1-2H3,(H,18,21);1H. The van der Waals surface area contributed by atoms with Crippen molar-refractivity contribution in [2.75, 3.05) is 26.2 Å². The van der Waals surface area contributed by atoms with Crippen molar-refractivity contribution in [2.45, 2.75) is 58.4 Å². The highest BCUT2D eigenvalue weighted by Gasteiger charge is 2.25. The first-order chi connectivity index (χ1) is 10.5. The molecule has 1 aliphatic carbocycles. The lowest BCUT2D eigenvalue weighted by molar-refractivity contribution is -0.132. The van der Waals surface area contributed by atoms with E-state index in [1.165, 1.54) is 12.8 Å². The van der Waals surface area contributed by atoms with Crippen molar-refractivity contribution >= 4 is 24.2 Å². The molecule has 0 spiro atoms. The van der Waals surface area contributed by atoms with Crippen LogP contribution in [0.25, 0.3) is 0 Å². The smallest absolute Gasteiger partial charge is 0.224 e. The van der Waals surface area contributed by atoms with Crippen molar-refractivity contribution in [3.63, 3.8) is 0 Å². The van der Waals surface area contributed by atoms with Crippen LogP contribution in [0.15, 0.2) is 0 Å². The molecule has 0 atom stereocenters. The molecule has 2 fully saturated rings. The van der Waals surface area contributed by atoms with Gasteiger partial charge in [0.1, 0.15) is 0 Å². The van der Waals surface area contributed by atoms with Crippen LogP contribution in [-0.2, 0) is 9.59 Å². The number of hydrogen-bond donors (Lipinski definition) is 2. The van der Waals surface area contributed by atoms with E-state index in [1.807, 2.05) is 18.7 Å². The minimum atomic E-state index is 0. The second-order valence-electron chi connectivity index (χ2n) is 7.20. The predicted octanol–water partition coefficient (Wildman–Crippen LogP) is 1.95. The third kappa shape index (κ3) is 8.02. The predicted molar refractivity (Wildman–Crippen MR) is 94.7 cm³/mol. The van der Waals surface area contributed by atoms with E-state index < -0.39 is 0 Å². The van der Waals surface area contributed by atoms with Gasteiger partial charge in [-0.05, 0) is 44.1 Å². The van der Waals surface area contributed by atoms with Crippen LogP contribution in [0.3, 0.4) is 0 Å². The first-order valence-electron chi connectivity index (χ1n) is 8.82. The van der Waals surface area contributed by atoms with Crippen molar-refractivity contribution < 1.29 is 9.59 Å². The summed E-state index contributed by atoms with van der Waals surface area (Å²) in [6.45, 7) is 7.35. The Labute approximate surface area is 146 Å². The normalized spacial score (nSPS) is 18.7. The zero-order chi connectivity index (χ0) is 15.9. The molecule has 6 heteroatoms. The molecule has 134 valence electrons.